The SMILES string of the molecule is CC(C)(C)CC(=O)[C@@]12CNC[C@@H]1CCN2C(=O)C[C@H](N)Cc1cc(F)c(F)cc1F.O=C(O)/C=C/C(=O)O. The summed E-state index contributed by atoms with van der Waals surface area (Å²) < 4.78 is 40.5. The molecule has 1 aromatic rings. The minimum Gasteiger partial charge on any atom is -0.478 e. The van der Waals surface area contributed by atoms with Crippen LogP contribution >= 0.6 is 0 Å². The second kappa shape index (κ2) is 12.5. The first kappa shape index (κ1) is 31.0. The smallest absolute Gasteiger partial charge is 0.328 e. The molecule has 0 bridgehead atoms. The molecule has 12 heteroatoms. The number of carboxylic acid groups (broad SMARTS) is 2. The van der Waals surface area contributed by atoms with Gasteiger partial charge in [-0.1, -0.05) is 20.8 Å². The van der Waals surface area contributed by atoms with Crippen LogP contribution in [0.1, 0.15) is 45.6 Å². The molecular formula is C26H34F3N3O6. The molecule has 1 aromatic carbocycles. The average molecular weight is 542 g/mol. The number of hydrogen-bond acceptors (Lipinski definition) is 6. The van der Waals surface area contributed by atoms with Gasteiger partial charge in [-0.05, 0) is 29.9 Å². The van der Waals surface area contributed by atoms with E-state index in [2.05, 4.69) is 5.32 Å². The van der Waals surface area contributed by atoms with E-state index in [0.717, 1.165) is 12.5 Å². The molecule has 210 valence electrons. The molecule has 38 heavy (non-hydrogen) atoms. The Labute approximate surface area is 218 Å². The van der Waals surface area contributed by atoms with E-state index in [4.69, 9.17) is 15.9 Å². The fourth-order valence-electron chi connectivity index (χ4n) is 4.90. The maximum atomic E-state index is 13.9. The lowest BCUT2D eigenvalue weighted by Gasteiger charge is -2.38. The van der Waals surface area contributed by atoms with Gasteiger partial charge >= 0.3 is 11.9 Å². The van der Waals surface area contributed by atoms with E-state index < -0.39 is 41.0 Å². The molecule has 0 aliphatic carbocycles. The van der Waals surface area contributed by atoms with Crippen molar-refractivity contribution >= 4 is 23.6 Å². The number of hydrogen-bond donors (Lipinski definition) is 4. The van der Waals surface area contributed by atoms with Gasteiger partial charge in [-0.3, -0.25) is 9.59 Å². The van der Waals surface area contributed by atoms with Crippen LogP contribution in [-0.4, -0.2) is 70.0 Å². The predicted octanol–water partition coefficient (Wildman–Crippen LogP) is 2.27. The van der Waals surface area contributed by atoms with Gasteiger partial charge in [-0.25, -0.2) is 22.8 Å². The van der Waals surface area contributed by atoms with Gasteiger partial charge in [0, 0.05) is 62.7 Å². The molecule has 2 heterocycles. The molecule has 0 spiro atoms. The lowest BCUT2D eigenvalue weighted by molar-refractivity contribution is -0.145. The van der Waals surface area contributed by atoms with Crippen LogP contribution in [0.4, 0.5) is 13.2 Å². The fourth-order valence-corrected chi connectivity index (χ4v) is 4.90. The number of amides is 1. The number of rotatable bonds is 8. The van der Waals surface area contributed by atoms with Crippen molar-refractivity contribution in [3.63, 3.8) is 0 Å². The highest BCUT2D eigenvalue weighted by Crippen LogP contribution is 2.41. The van der Waals surface area contributed by atoms with Crippen molar-refractivity contribution in [2.45, 2.75) is 58.0 Å². The van der Waals surface area contributed by atoms with E-state index in [1.807, 2.05) is 20.8 Å². The zero-order valence-corrected chi connectivity index (χ0v) is 21.6. The summed E-state index contributed by atoms with van der Waals surface area (Å²) >= 11 is 0. The van der Waals surface area contributed by atoms with Crippen LogP contribution in [0.5, 0.6) is 0 Å². The first-order valence-electron chi connectivity index (χ1n) is 12.1. The van der Waals surface area contributed by atoms with Crippen molar-refractivity contribution in [1.82, 2.24) is 10.2 Å². The topological polar surface area (TPSA) is 150 Å². The molecule has 0 aromatic heterocycles. The summed E-state index contributed by atoms with van der Waals surface area (Å²) in [4.78, 5) is 47.1. The highest BCUT2D eigenvalue weighted by atomic mass is 19.2. The molecule has 2 fully saturated rings. The summed E-state index contributed by atoms with van der Waals surface area (Å²) in [6.45, 7) is 7.56. The highest BCUT2D eigenvalue weighted by molar-refractivity contribution is 5.95. The molecule has 3 atom stereocenters. The van der Waals surface area contributed by atoms with Gasteiger partial charge in [-0.15, -0.1) is 0 Å². The normalized spacial score (nSPS) is 21.6. The third-order valence-corrected chi connectivity index (χ3v) is 6.49. The summed E-state index contributed by atoms with van der Waals surface area (Å²) in [5, 5.41) is 18.9. The standard InChI is InChI=1S/C22H30F3N3O2.C4H4O4/c1-21(2,3)10-19(29)22-12-27-11-14(22)4-5-28(22)20(30)8-15(26)6-13-7-17(24)18(25)9-16(13)23;5-3(6)1-2-4(7)8/h7,9,14-15,27H,4-6,8,10-12,26H2,1-3H3;1-2H,(H,5,6)(H,7,8)/b;2-1+/t14-,15+,22+;/m0./s1. The minimum absolute atomic E-state index is 0.0519. The van der Waals surface area contributed by atoms with Crippen molar-refractivity contribution < 1.29 is 42.6 Å². The zero-order chi connectivity index (χ0) is 28.8. The number of ketones is 1. The quantitative estimate of drug-likeness (QED) is 0.289. The molecule has 9 nitrogen and oxygen atoms in total. The molecule has 0 radical (unpaired) electrons. The van der Waals surface area contributed by atoms with Gasteiger partial charge in [0.05, 0.1) is 0 Å². The Balaban J connectivity index is 0.000000550. The Morgan fingerprint density at radius 1 is 1.11 bits per heavy atom. The lowest BCUT2D eigenvalue weighted by Crippen LogP contribution is -2.58. The van der Waals surface area contributed by atoms with Crippen molar-refractivity contribution in [2.75, 3.05) is 19.6 Å². The van der Waals surface area contributed by atoms with Crippen molar-refractivity contribution in [2.24, 2.45) is 17.1 Å². The molecule has 1 amide bonds. The Morgan fingerprint density at radius 3 is 2.24 bits per heavy atom. The van der Waals surface area contributed by atoms with Crippen LogP contribution in [0.25, 0.3) is 0 Å². The molecule has 5 N–H and O–H groups in total. The number of carbonyl (C=O) groups excluding carboxylic acids is 2. The number of Topliss-reactive ketones (excluding diaryl/α,β-unsaturated/α-hetero) is 1. The number of nitrogens with two attached hydrogens (primary N) is 1. The van der Waals surface area contributed by atoms with Gasteiger partial charge in [0.25, 0.3) is 0 Å². The third-order valence-electron chi connectivity index (χ3n) is 6.49. The highest BCUT2D eigenvalue weighted by Gasteiger charge is 2.58. The number of fused-ring (bicyclic) bond motifs is 1. The molecule has 2 saturated heterocycles. The largest absolute Gasteiger partial charge is 0.478 e. The Bertz CT molecular complexity index is 1090. The van der Waals surface area contributed by atoms with Crippen LogP contribution in [0.3, 0.4) is 0 Å². The summed E-state index contributed by atoms with van der Waals surface area (Å²) in [5.41, 5.74) is 4.92. The van der Waals surface area contributed by atoms with E-state index in [1.165, 1.54) is 0 Å². The summed E-state index contributed by atoms with van der Waals surface area (Å²) in [6, 6.07) is 0.477. The summed E-state index contributed by atoms with van der Waals surface area (Å²) in [6.07, 6.45) is 2.01. The average Bonchev–Trinajstić information content (AvgIpc) is 3.35. The zero-order valence-electron chi connectivity index (χ0n) is 21.6. The molecule has 3 rings (SSSR count). The Kier molecular flexibility index (Phi) is 10.2. The van der Waals surface area contributed by atoms with Crippen LogP contribution in [0.2, 0.25) is 0 Å². The number of nitrogens with one attached hydrogen (secondary N) is 1. The third kappa shape index (κ3) is 7.87. The molecule has 0 saturated carbocycles. The fraction of sp³-hybridized carbons (Fsp3) is 0.538. The number of halogens is 3. The number of carboxylic acids is 2. The van der Waals surface area contributed by atoms with E-state index in [9.17, 15) is 32.3 Å². The van der Waals surface area contributed by atoms with Gasteiger partial charge in [0.15, 0.2) is 17.4 Å². The Morgan fingerprint density at radius 2 is 1.68 bits per heavy atom. The number of aliphatic carboxylic acids is 2. The van der Waals surface area contributed by atoms with Gasteiger partial charge in [0.1, 0.15) is 11.4 Å². The maximum absolute atomic E-state index is 13.9. The van der Waals surface area contributed by atoms with Crippen LogP contribution in [0.15, 0.2) is 24.3 Å². The first-order valence-corrected chi connectivity index (χ1v) is 12.1. The van der Waals surface area contributed by atoms with E-state index >= 15 is 0 Å². The van der Waals surface area contributed by atoms with Gasteiger partial charge in [-0.2, -0.15) is 0 Å². The summed E-state index contributed by atoms with van der Waals surface area (Å²) in [7, 11) is 0. The molecule has 0 unspecified atom stereocenters. The second-order valence-corrected chi connectivity index (χ2v) is 10.8. The predicted molar refractivity (Wildman–Crippen MR) is 132 cm³/mol. The monoisotopic (exact) mass is 541 g/mol. The number of carbonyl (C=O) groups is 4. The van der Waals surface area contributed by atoms with Crippen molar-refractivity contribution in [3.05, 3.63) is 47.3 Å². The van der Waals surface area contributed by atoms with Gasteiger partial charge < -0.3 is 26.2 Å². The van der Waals surface area contributed by atoms with Crippen molar-refractivity contribution in [1.29, 1.82) is 0 Å². The minimum atomic E-state index is -1.27. The lowest BCUT2D eigenvalue weighted by atomic mass is 9.77. The molecule has 2 aliphatic heterocycles. The summed E-state index contributed by atoms with van der Waals surface area (Å²) in [5.74, 6) is -5.98. The maximum Gasteiger partial charge on any atom is 0.328 e. The van der Waals surface area contributed by atoms with E-state index in [0.29, 0.717) is 44.3 Å². The van der Waals surface area contributed by atoms with Crippen LogP contribution in [0, 0.1) is 28.8 Å². The molecular weight excluding hydrogens is 507 g/mol. The number of nitrogens with zero attached hydrogens (tertiary/aromatic N) is 1. The van der Waals surface area contributed by atoms with Gasteiger partial charge in [0.2, 0.25) is 5.91 Å². The van der Waals surface area contributed by atoms with Crippen LogP contribution in [-0.2, 0) is 25.6 Å². The van der Waals surface area contributed by atoms with Crippen LogP contribution < -0.4 is 11.1 Å². The molecule has 2 aliphatic rings. The van der Waals surface area contributed by atoms with Crippen molar-refractivity contribution in [3.8, 4) is 0 Å². The van der Waals surface area contributed by atoms with E-state index in [1.54, 1.807) is 4.90 Å². The first-order chi connectivity index (χ1) is 17.6. The Hall–Kier alpha value is -3.25. The second-order valence-electron chi connectivity index (χ2n) is 10.8. The van der Waals surface area contributed by atoms with E-state index in [-0.39, 0.29) is 41.4 Å². The number of likely N-dealkylation sites (tertiary alicyclic amines) is 1. The number of benzene rings is 1.